The Morgan fingerprint density at radius 2 is 1.51 bits per heavy atom. The number of pyridine rings is 3. The molecule has 4 aromatic carbocycles. The van der Waals surface area contributed by atoms with Crippen molar-refractivity contribution < 1.29 is 24.5 Å². The Morgan fingerprint density at radius 1 is 0.725 bits per heavy atom. The third-order valence-electron chi connectivity index (χ3n) is 9.36. The van der Waals surface area contributed by atoms with Gasteiger partial charge in [-0.15, -0.1) is 41.0 Å². The molecule has 0 unspecified atom stereocenters. The second-order valence-corrected chi connectivity index (χ2v) is 13.7. The summed E-state index contributed by atoms with van der Waals surface area (Å²) in [5.41, 5.74) is 14.3. The van der Waals surface area contributed by atoms with E-state index >= 15 is 0 Å². The zero-order valence-electron chi connectivity index (χ0n) is 30.0. The Morgan fingerprint density at radius 3 is 2.29 bits per heavy atom. The van der Waals surface area contributed by atoms with Gasteiger partial charge in [-0.3, -0.25) is 9.97 Å². The Kier molecular flexibility index (Phi) is 10.9. The summed E-state index contributed by atoms with van der Waals surface area (Å²) in [6.45, 7) is 12.8. The third kappa shape index (κ3) is 8.01. The number of hydrogen-bond acceptors (Lipinski definition) is 4. The molecular weight excluding hydrogens is 803 g/mol. The summed E-state index contributed by atoms with van der Waals surface area (Å²) in [7, 11) is 0. The summed E-state index contributed by atoms with van der Waals surface area (Å²) in [5.74, 6) is 0.542. The van der Waals surface area contributed by atoms with Gasteiger partial charge in [0.25, 0.3) is 0 Å². The summed E-state index contributed by atoms with van der Waals surface area (Å²) in [6.07, 6.45) is 7.32. The van der Waals surface area contributed by atoms with E-state index in [1.165, 1.54) is 44.2 Å². The molecule has 1 radical (unpaired) electrons. The number of furan rings is 1. The minimum absolute atomic E-state index is 0. The van der Waals surface area contributed by atoms with Crippen molar-refractivity contribution in [1.29, 1.82) is 0 Å². The molecule has 0 spiro atoms. The van der Waals surface area contributed by atoms with Crippen molar-refractivity contribution >= 4 is 32.6 Å². The van der Waals surface area contributed by atoms with E-state index in [0.717, 1.165) is 62.9 Å². The van der Waals surface area contributed by atoms with Crippen LogP contribution in [-0.2, 0) is 32.9 Å². The number of benzene rings is 4. The van der Waals surface area contributed by atoms with E-state index in [1.54, 1.807) is 6.26 Å². The molecule has 0 saturated carbocycles. The molecule has 257 valence electrons. The van der Waals surface area contributed by atoms with Crippen molar-refractivity contribution in [3.63, 3.8) is 0 Å². The Bertz CT molecular complexity index is 2430. The summed E-state index contributed by atoms with van der Waals surface area (Å²) in [4.78, 5) is 14.2. The Hall–Kier alpha value is -4.96. The molecule has 5 heteroatoms. The number of nitrogens with zero attached hydrogens (tertiary/aromatic N) is 3. The minimum atomic E-state index is 0. The van der Waals surface area contributed by atoms with E-state index in [-0.39, 0.29) is 20.1 Å². The van der Waals surface area contributed by atoms with Crippen molar-refractivity contribution in [2.24, 2.45) is 5.92 Å². The minimum Gasteiger partial charge on any atom is -0.506 e. The van der Waals surface area contributed by atoms with Gasteiger partial charge in [-0.05, 0) is 77.9 Å². The largest absolute Gasteiger partial charge is 0.506 e. The molecule has 4 aromatic heterocycles. The molecule has 0 aliphatic heterocycles. The fourth-order valence-electron chi connectivity index (χ4n) is 6.30. The maximum Gasteiger partial charge on any atom is 0.0847 e. The normalized spacial score (nSPS) is 11.1. The van der Waals surface area contributed by atoms with E-state index in [4.69, 9.17) is 14.4 Å². The van der Waals surface area contributed by atoms with Gasteiger partial charge in [0.2, 0.25) is 0 Å². The van der Waals surface area contributed by atoms with Crippen molar-refractivity contribution in [3.05, 3.63) is 161 Å². The van der Waals surface area contributed by atoms with E-state index < -0.39 is 0 Å². The van der Waals surface area contributed by atoms with Crippen LogP contribution in [0.15, 0.2) is 114 Å². The van der Waals surface area contributed by atoms with Crippen LogP contribution in [0.5, 0.6) is 0 Å². The van der Waals surface area contributed by atoms with Gasteiger partial charge in [-0.25, -0.2) is 0 Å². The molecule has 0 N–H and O–H groups in total. The molecule has 51 heavy (non-hydrogen) atoms. The fraction of sp³-hybridized carbons (Fsp3) is 0.196. The van der Waals surface area contributed by atoms with Gasteiger partial charge in [-0.1, -0.05) is 116 Å². The van der Waals surface area contributed by atoms with Crippen LogP contribution in [0.2, 0.25) is 0 Å². The molecule has 0 aliphatic rings. The van der Waals surface area contributed by atoms with Gasteiger partial charge >= 0.3 is 0 Å². The fourth-order valence-corrected chi connectivity index (χ4v) is 6.30. The second kappa shape index (κ2) is 15.5. The first-order valence-corrected chi connectivity index (χ1v) is 17.3. The molecular formula is C46H41IrN3O-2. The molecule has 0 saturated heterocycles. The second-order valence-electron chi connectivity index (χ2n) is 13.7. The maximum absolute atomic E-state index is 5.81. The van der Waals surface area contributed by atoms with Crippen molar-refractivity contribution in [2.45, 2.75) is 54.4 Å². The van der Waals surface area contributed by atoms with Crippen LogP contribution in [0.25, 0.3) is 55.2 Å². The van der Waals surface area contributed by atoms with Crippen molar-refractivity contribution in [3.8, 4) is 22.5 Å². The molecule has 8 rings (SSSR count). The maximum atomic E-state index is 5.81. The zero-order chi connectivity index (χ0) is 34.8. The number of aromatic nitrogens is 3. The average Bonchev–Trinajstić information content (AvgIpc) is 3.60. The van der Waals surface area contributed by atoms with Gasteiger partial charge in [0.05, 0.1) is 5.58 Å². The number of rotatable bonds is 6. The molecule has 0 fully saturated rings. The summed E-state index contributed by atoms with van der Waals surface area (Å²) in [5, 5.41) is 4.48. The standard InChI is InChI=1S/C31H25N2O.C15H16N.Ir/c1-20(2)15-26-9-10-27-28(19-25-12-14-34-31(25)30(27)33-26)29-18-22(11-13-32-29)16-21-7-8-23-5-3-4-6-24(23)17-21;1-10-5-6-14(7-11(10)2)15-8-12(3)13(4)9-16-15;/h3-14,17-18,20H,15-16H2,1-2H3;5,7-9H,1-4H3;/q2*-1;. The Balaban J connectivity index is 0.000000222. The van der Waals surface area contributed by atoms with Gasteiger partial charge in [0, 0.05) is 55.7 Å². The van der Waals surface area contributed by atoms with Crippen LogP contribution >= 0.6 is 0 Å². The summed E-state index contributed by atoms with van der Waals surface area (Å²) >= 11 is 0. The first kappa shape index (κ1) is 35.9. The molecule has 4 nitrogen and oxygen atoms in total. The van der Waals surface area contributed by atoms with E-state index in [1.807, 2.05) is 24.5 Å². The average molecular weight is 844 g/mol. The first-order valence-electron chi connectivity index (χ1n) is 17.3. The Labute approximate surface area is 314 Å². The van der Waals surface area contributed by atoms with Crippen LogP contribution < -0.4 is 0 Å². The van der Waals surface area contributed by atoms with Crippen LogP contribution in [0.1, 0.15) is 52.9 Å². The molecule has 8 aromatic rings. The first-order chi connectivity index (χ1) is 24.2. The SMILES string of the molecule is CC(C)Cc1ccc2c(-c3cc(Cc4ccc5ccccc5c4)ccn3)[c-]c3ccoc3c2n1.Cc1c[c-]c(-c2cc(C)c(C)cn2)cc1C.[Ir]. The van der Waals surface area contributed by atoms with Gasteiger partial charge in [0.1, 0.15) is 0 Å². The summed E-state index contributed by atoms with van der Waals surface area (Å²) in [6, 6.07) is 38.8. The predicted molar refractivity (Wildman–Crippen MR) is 206 cm³/mol. The molecule has 0 aliphatic carbocycles. The van der Waals surface area contributed by atoms with E-state index in [0.29, 0.717) is 5.92 Å². The van der Waals surface area contributed by atoms with E-state index in [2.05, 4.69) is 138 Å². The number of hydrogen-bond donors (Lipinski definition) is 0. The van der Waals surface area contributed by atoms with Crippen molar-refractivity contribution in [2.75, 3.05) is 0 Å². The summed E-state index contributed by atoms with van der Waals surface area (Å²) < 4.78 is 5.81. The van der Waals surface area contributed by atoms with E-state index in [9.17, 15) is 0 Å². The third-order valence-corrected chi connectivity index (χ3v) is 9.36. The van der Waals surface area contributed by atoms with Gasteiger partial charge in [0.15, 0.2) is 0 Å². The molecule has 0 amide bonds. The molecule has 4 heterocycles. The van der Waals surface area contributed by atoms with Gasteiger partial charge in [-0.2, -0.15) is 0 Å². The monoisotopic (exact) mass is 844 g/mol. The molecule has 0 bridgehead atoms. The molecule has 0 atom stereocenters. The van der Waals surface area contributed by atoms with Crippen molar-refractivity contribution in [1.82, 2.24) is 15.0 Å². The zero-order valence-corrected chi connectivity index (χ0v) is 32.4. The van der Waals surface area contributed by atoms with Crippen LogP contribution in [-0.4, -0.2) is 15.0 Å². The topological polar surface area (TPSA) is 51.8 Å². The number of fused-ring (bicyclic) bond motifs is 4. The van der Waals surface area contributed by atoms with Crippen LogP contribution in [0.4, 0.5) is 0 Å². The smallest absolute Gasteiger partial charge is 0.0847 e. The van der Waals surface area contributed by atoms with Crippen LogP contribution in [0, 0.1) is 45.7 Å². The quantitative estimate of drug-likeness (QED) is 0.157. The van der Waals surface area contributed by atoms with Crippen LogP contribution in [0.3, 0.4) is 0 Å². The van der Waals surface area contributed by atoms with Gasteiger partial charge < -0.3 is 9.40 Å². The number of aryl methyl sites for hydroxylation is 4. The predicted octanol–water partition coefficient (Wildman–Crippen LogP) is 11.6.